The van der Waals surface area contributed by atoms with Gasteiger partial charge in [-0.15, -0.1) is 0 Å². The first-order valence-electron chi connectivity index (χ1n) is 8.33. The van der Waals surface area contributed by atoms with E-state index in [1.165, 1.54) is 24.3 Å². The summed E-state index contributed by atoms with van der Waals surface area (Å²) in [5.74, 6) is -0.255. The van der Waals surface area contributed by atoms with Gasteiger partial charge in [-0.05, 0) is 36.4 Å². The third-order valence-electron chi connectivity index (χ3n) is 4.41. The number of hydrogen-bond acceptors (Lipinski definition) is 5. The van der Waals surface area contributed by atoms with Crippen molar-refractivity contribution in [3.05, 3.63) is 48.5 Å². The number of rotatable bonds is 5. The minimum Gasteiger partial charge on any atom is -0.497 e. The van der Waals surface area contributed by atoms with Crippen molar-refractivity contribution >= 4 is 33.0 Å². The second kappa shape index (κ2) is 7.40. The lowest BCUT2D eigenvalue weighted by Gasteiger charge is -2.17. The normalized spacial score (nSPS) is 17.0. The maximum atomic E-state index is 12.5. The van der Waals surface area contributed by atoms with Gasteiger partial charge in [0.25, 0.3) is 0 Å². The average Bonchev–Trinajstić information content (AvgIpc) is 3.03. The van der Waals surface area contributed by atoms with Gasteiger partial charge in [0.05, 0.1) is 17.9 Å². The summed E-state index contributed by atoms with van der Waals surface area (Å²) >= 11 is 0. The Kier molecular flexibility index (Phi) is 5.18. The Balaban J connectivity index is 1.68. The molecule has 0 aliphatic carbocycles. The molecule has 27 heavy (non-hydrogen) atoms. The third-order valence-corrected chi connectivity index (χ3v) is 5.54. The summed E-state index contributed by atoms with van der Waals surface area (Å²) < 4.78 is 28.2. The summed E-state index contributed by atoms with van der Waals surface area (Å²) in [7, 11) is -1.74. The smallest absolute Gasteiger partial charge is 0.229 e. The highest BCUT2D eigenvalue weighted by atomic mass is 32.2. The first-order chi connectivity index (χ1) is 12.8. The maximum absolute atomic E-state index is 12.5. The van der Waals surface area contributed by atoms with Crippen LogP contribution in [0.1, 0.15) is 6.42 Å². The van der Waals surface area contributed by atoms with Crippen molar-refractivity contribution < 1.29 is 22.7 Å². The minimum absolute atomic E-state index is 0.116. The molecule has 1 aliphatic rings. The number of nitrogens with one attached hydrogen (secondary N) is 1. The molecular weight excluding hydrogens is 368 g/mol. The van der Waals surface area contributed by atoms with E-state index in [0.29, 0.717) is 17.1 Å². The lowest BCUT2D eigenvalue weighted by Crippen LogP contribution is -2.28. The number of sulfone groups is 1. The fourth-order valence-electron chi connectivity index (χ4n) is 2.94. The minimum atomic E-state index is -3.29. The predicted octanol–water partition coefficient (Wildman–Crippen LogP) is 2.09. The molecule has 2 amide bonds. The van der Waals surface area contributed by atoms with Crippen molar-refractivity contribution in [2.24, 2.45) is 5.92 Å². The van der Waals surface area contributed by atoms with Crippen LogP contribution in [0.2, 0.25) is 0 Å². The topological polar surface area (TPSA) is 92.8 Å². The fraction of sp³-hybridized carbons (Fsp3) is 0.263. The van der Waals surface area contributed by atoms with Gasteiger partial charge in [0.15, 0.2) is 9.84 Å². The van der Waals surface area contributed by atoms with Crippen LogP contribution in [0.25, 0.3) is 0 Å². The molecule has 2 aromatic carbocycles. The standard InChI is InChI=1S/C19H20N2O5S/c1-26-16-5-3-4-15(11-16)21-12-13(10-18(21)22)19(23)20-14-6-8-17(9-7-14)27(2,24)25/h3-9,11,13H,10,12H2,1-2H3,(H,20,23). The Morgan fingerprint density at radius 2 is 1.89 bits per heavy atom. The first-order valence-corrected chi connectivity index (χ1v) is 10.2. The van der Waals surface area contributed by atoms with E-state index in [2.05, 4.69) is 5.32 Å². The van der Waals surface area contributed by atoms with E-state index < -0.39 is 15.8 Å². The highest BCUT2D eigenvalue weighted by Crippen LogP contribution is 2.28. The molecule has 1 aliphatic heterocycles. The van der Waals surface area contributed by atoms with Gasteiger partial charge in [-0.3, -0.25) is 9.59 Å². The van der Waals surface area contributed by atoms with Gasteiger partial charge in [-0.2, -0.15) is 0 Å². The molecule has 7 nitrogen and oxygen atoms in total. The number of nitrogens with zero attached hydrogens (tertiary/aromatic N) is 1. The number of methoxy groups -OCH3 is 1. The fourth-order valence-corrected chi connectivity index (χ4v) is 3.57. The van der Waals surface area contributed by atoms with Crippen LogP contribution in [0.4, 0.5) is 11.4 Å². The van der Waals surface area contributed by atoms with Crippen molar-refractivity contribution in [2.75, 3.05) is 30.1 Å². The van der Waals surface area contributed by atoms with E-state index in [-0.39, 0.29) is 29.7 Å². The number of hydrogen-bond donors (Lipinski definition) is 1. The van der Waals surface area contributed by atoms with Gasteiger partial charge < -0.3 is 15.0 Å². The van der Waals surface area contributed by atoms with Gasteiger partial charge in [0.1, 0.15) is 5.75 Å². The van der Waals surface area contributed by atoms with Crippen molar-refractivity contribution in [1.29, 1.82) is 0 Å². The molecule has 0 spiro atoms. The Bertz CT molecular complexity index is 970. The number of amides is 2. The molecule has 1 saturated heterocycles. The summed E-state index contributed by atoms with van der Waals surface area (Å²) in [6.07, 6.45) is 1.24. The lowest BCUT2D eigenvalue weighted by atomic mass is 10.1. The number of carbonyl (C=O) groups is 2. The van der Waals surface area contributed by atoms with Crippen LogP contribution in [-0.4, -0.2) is 40.1 Å². The molecule has 8 heteroatoms. The SMILES string of the molecule is COc1cccc(N2CC(C(=O)Nc3ccc(S(C)(=O)=O)cc3)CC2=O)c1. The summed E-state index contributed by atoms with van der Waals surface area (Å²) in [6, 6.07) is 13.1. The largest absolute Gasteiger partial charge is 0.497 e. The molecule has 2 aromatic rings. The van der Waals surface area contributed by atoms with Gasteiger partial charge in [-0.1, -0.05) is 6.07 Å². The summed E-state index contributed by atoms with van der Waals surface area (Å²) in [6.45, 7) is 0.277. The highest BCUT2D eigenvalue weighted by molar-refractivity contribution is 7.90. The molecule has 1 heterocycles. The zero-order valence-electron chi connectivity index (χ0n) is 15.0. The Morgan fingerprint density at radius 3 is 2.52 bits per heavy atom. The van der Waals surface area contributed by atoms with E-state index >= 15 is 0 Å². The summed E-state index contributed by atoms with van der Waals surface area (Å²) in [4.78, 5) is 26.6. The van der Waals surface area contributed by atoms with Crippen molar-refractivity contribution in [3.8, 4) is 5.75 Å². The molecule has 1 N–H and O–H groups in total. The van der Waals surface area contributed by atoms with Crippen LogP contribution in [0.5, 0.6) is 5.75 Å². The second-order valence-electron chi connectivity index (χ2n) is 6.39. The molecule has 1 unspecified atom stereocenters. The Hall–Kier alpha value is -2.87. The molecule has 1 atom stereocenters. The quantitative estimate of drug-likeness (QED) is 0.847. The number of anilines is 2. The number of ether oxygens (including phenoxy) is 1. The van der Waals surface area contributed by atoms with Crippen LogP contribution in [0.15, 0.2) is 53.4 Å². The van der Waals surface area contributed by atoms with Crippen molar-refractivity contribution in [3.63, 3.8) is 0 Å². The summed E-state index contributed by atoms with van der Waals surface area (Å²) in [5.41, 5.74) is 1.17. The molecule has 0 bridgehead atoms. The molecular formula is C19H20N2O5S. The van der Waals surface area contributed by atoms with E-state index in [9.17, 15) is 18.0 Å². The van der Waals surface area contributed by atoms with E-state index in [1.807, 2.05) is 0 Å². The van der Waals surface area contributed by atoms with E-state index in [1.54, 1.807) is 36.3 Å². The maximum Gasteiger partial charge on any atom is 0.229 e. The first kappa shape index (κ1) is 18.9. The second-order valence-corrected chi connectivity index (χ2v) is 8.41. The molecule has 3 rings (SSSR count). The number of carbonyl (C=O) groups excluding carboxylic acids is 2. The van der Waals surface area contributed by atoms with Crippen LogP contribution < -0.4 is 15.0 Å². The zero-order chi connectivity index (χ0) is 19.6. The van der Waals surface area contributed by atoms with E-state index in [0.717, 1.165) is 6.26 Å². The monoisotopic (exact) mass is 388 g/mol. The highest BCUT2D eigenvalue weighted by Gasteiger charge is 2.35. The van der Waals surface area contributed by atoms with Gasteiger partial charge in [0, 0.05) is 36.7 Å². The summed E-state index contributed by atoms with van der Waals surface area (Å²) in [5, 5.41) is 2.74. The van der Waals surface area contributed by atoms with Gasteiger partial charge >= 0.3 is 0 Å². The van der Waals surface area contributed by atoms with Crippen molar-refractivity contribution in [1.82, 2.24) is 0 Å². The zero-order valence-corrected chi connectivity index (χ0v) is 15.8. The molecule has 0 saturated carbocycles. The molecule has 1 fully saturated rings. The Morgan fingerprint density at radius 1 is 1.19 bits per heavy atom. The van der Waals surface area contributed by atoms with Crippen LogP contribution in [0.3, 0.4) is 0 Å². The third kappa shape index (κ3) is 4.28. The van der Waals surface area contributed by atoms with Crippen LogP contribution in [-0.2, 0) is 19.4 Å². The molecule has 0 radical (unpaired) electrons. The molecule has 0 aromatic heterocycles. The van der Waals surface area contributed by atoms with Crippen molar-refractivity contribution in [2.45, 2.75) is 11.3 Å². The lowest BCUT2D eigenvalue weighted by molar-refractivity contribution is -0.122. The number of benzene rings is 2. The van der Waals surface area contributed by atoms with Crippen LogP contribution >= 0.6 is 0 Å². The Labute approximate surface area is 157 Å². The van der Waals surface area contributed by atoms with Gasteiger partial charge in [-0.25, -0.2) is 8.42 Å². The van der Waals surface area contributed by atoms with Gasteiger partial charge in [0.2, 0.25) is 11.8 Å². The molecule has 142 valence electrons. The van der Waals surface area contributed by atoms with Crippen LogP contribution in [0, 0.1) is 5.92 Å². The average molecular weight is 388 g/mol. The predicted molar refractivity (Wildman–Crippen MR) is 102 cm³/mol. The van der Waals surface area contributed by atoms with E-state index in [4.69, 9.17) is 4.74 Å².